The molecule has 0 aliphatic rings. The number of alkyl halides is 1. The van der Waals surface area contributed by atoms with Crippen molar-refractivity contribution in [2.24, 2.45) is 0 Å². The van der Waals surface area contributed by atoms with Gasteiger partial charge in [0.15, 0.2) is 5.58 Å². The predicted molar refractivity (Wildman–Crippen MR) is 97.4 cm³/mol. The first-order chi connectivity index (χ1) is 12.4. The number of ether oxygens (including phenoxy) is 1. The predicted octanol–water partition coefficient (Wildman–Crippen LogP) is 4.43. The summed E-state index contributed by atoms with van der Waals surface area (Å²) in [6.45, 7) is 3.88. The molecular weight excluding hydrogens is 356 g/mol. The normalized spacial score (nSPS) is 13.5. The molecule has 136 valence electrons. The molecule has 2 aromatic heterocycles. The van der Waals surface area contributed by atoms with Crippen LogP contribution in [0.15, 0.2) is 41.1 Å². The molecule has 1 unspecified atom stereocenters. The Morgan fingerprint density at radius 1 is 1.35 bits per heavy atom. The number of aliphatic carboxylic acids is 1. The zero-order valence-corrected chi connectivity index (χ0v) is 15.3. The number of nitrogens with zero attached hydrogens (tertiary/aromatic N) is 2. The molecule has 3 rings (SSSR count). The summed E-state index contributed by atoms with van der Waals surface area (Å²) in [5.74, 6) is -0.346. The standard InChI is InChI=1S/C19H19ClN2O4/c1-3-19(20,17-8-4-12(2)11-21-17)25-13-5-7-16-14(10-13)15(22-26-16)6-9-18(23)24/h4-5,7-8,10-11H,3,6,9H2,1-2H3,(H,23,24). The second kappa shape index (κ2) is 7.33. The van der Waals surface area contributed by atoms with Crippen LogP contribution in [0.5, 0.6) is 5.75 Å². The molecule has 1 N–H and O–H groups in total. The van der Waals surface area contributed by atoms with Crippen molar-refractivity contribution in [1.82, 2.24) is 10.1 Å². The third kappa shape index (κ3) is 3.80. The number of carboxylic acid groups (broad SMARTS) is 1. The van der Waals surface area contributed by atoms with Crippen LogP contribution in [-0.4, -0.2) is 21.2 Å². The Morgan fingerprint density at radius 3 is 2.81 bits per heavy atom. The number of carbonyl (C=O) groups is 1. The van der Waals surface area contributed by atoms with E-state index in [1.807, 2.05) is 26.0 Å². The lowest BCUT2D eigenvalue weighted by molar-refractivity contribution is -0.136. The fourth-order valence-corrected chi connectivity index (χ4v) is 2.82. The molecule has 1 aromatic carbocycles. The van der Waals surface area contributed by atoms with Gasteiger partial charge in [-0.3, -0.25) is 9.78 Å². The van der Waals surface area contributed by atoms with Crippen molar-refractivity contribution in [3.05, 3.63) is 53.5 Å². The van der Waals surface area contributed by atoms with Gasteiger partial charge in [-0.25, -0.2) is 0 Å². The smallest absolute Gasteiger partial charge is 0.303 e. The van der Waals surface area contributed by atoms with Crippen molar-refractivity contribution in [2.75, 3.05) is 0 Å². The number of benzene rings is 1. The number of rotatable bonds is 7. The summed E-state index contributed by atoms with van der Waals surface area (Å²) in [5, 5.41) is 12.4. The lowest BCUT2D eigenvalue weighted by Crippen LogP contribution is -2.26. The highest BCUT2D eigenvalue weighted by atomic mass is 35.5. The van der Waals surface area contributed by atoms with Crippen LogP contribution >= 0.6 is 11.6 Å². The number of aromatic nitrogens is 2. The van der Waals surface area contributed by atoms with Gasteiger partial charge in [0.25, 0.3) is 0 Å². The van der Waals surface area contributed by atoms with E-state index in [-0.39, 0.29) is 12.8 Å². The van der Waals surface area contributed by atoms with Crippen LogP contribution in [0.4, 0.5) is 0 Å². The number of carboxylic acids is 1. The van der Waals surface area contributed by atoms with E-state index in [0.717, 1.165) is 10.9 Å². The van der Waals surface area contributed by atoms with Crippen molar-refractivity contribution < 1.29 is 19.2 Å². The average Bonchev–Trinajstić information content (AvgIpc) is 3.02. The topological polar surface area (TPSA) is 85.5 Å². The largest absolute Gasteiger partial charge is 0.481 e. The molecule has 7 heteroatoms. The fraction of sp³-hybridized carbons (Fsp3) is 0.316. The second-order valence-corrected chi connectivity index (χ2v) is 6.70. The lowest BCUT2D eigenvalue weighted by Gasteiger charge is -2.26. The highest BCUT2D eigenvalue weighted by Crippen LogP contribution is 2.36. The van der Waals surface area contributed by atoms with Crippen LogP contribution in [0.2, 0.25) is 0 Å². The quantitative estimate of drug-likeness (QED) is 0.616. The third-order valence-electron chi connectivity index (χ3n) is 4.12. The molecule has 0 saturated carbocycles. The van der Waals surface area contributed by atoms with E-state index in [1.165, 1.54) is 0 Å². The summed E-state index contributed by atoms with van der Waals surface area (Å²) in [6.07, 6.45) is 2.52. The number of halogens is 1. The van der Waals surface area contributed by atoms with Crippen LogP contribution in [0, 0.1) is 6.92 Å². The first kappa shape index (κ1) is 18.2. The van der Waals surface area contributed by atoms with Crippen LogP contribution in [0.3, 0.4) is 0 Å². The van der Waals surface area contributed by atoms with E-state index in [2.05, 4.69) is 10.1 Å². The number of fused-ring (bicyclic) bond motifs is 1. The van der Waals surface area contributed by atoms with E-state index >= 15 is 0 Å². The number of hydrogen-bond acceptors (Lipinski definition) is 5. The molecule has 0 amide bonds. The summed E-state index contributed by atoms with van der Waals surface area (Å²) in [5.41, 5.74) is 2.82. The Morgan fingerprint density at radius 2 is 2.15 bits per heavy atom. The first-order valence-electron chi connectivity index (χ1n) is 8.32. The zero-order valence-electron chi connectivity index (χ0n) is 14.5. The third-order valence-corrected chi connectivity index (χ3v) is 4.66. The van der Waals surface area contributed by atoms with Crippen LogP contribution < -0.4 is 4.74 Å². The number of aryl methyl sites for hydroxylation is 2. The summed E-state index contributed by atoms with van der Waals surface area (Å²) >= 11 is 6.70. The van der Waals surface area contributed by atoms with E-state index in [4.69, 9.17) is 26.0 Å². The van der Waals surface area contributed by atoms with Crippen molar-refractivity contribution in [1.29, 1.82) is 0 Å². The highest BCUT2D eigenvalue weighted by molar-refractivity contribution is 6.23. The number of pyridine rings is 1. The maximum Gasteiger partial charge on any atom is 0.303 e. The van der Waals surface area contributed by atoms with E-state index < -0.39 is 11.0 Å². The van der Waals surface area contributed by atoms with Crippen molar-refractivity contribution in [2.45, 2.75) is 38.2 Å². The Hall–Kier alpha value is -2.60. The fourth-order valence-electron chi connectivity index (χ4n) is 2.62. The van der Waals surface area contributed by atoms with Gasteiger partial charge in [-0.1, -0.05) is 29.7 Å². The number of hydrogen-bond donors (Lipinski definition) is 1. The second-order valence-electron chi connectivity index (χ2n) is 6.09. The molecular formula is C19H19ClN2O4. The van der Waals surface area contributed by atoms with E-state index in [0.29, 0.717) is 29.1 Å². The average molecular weight is 375 g/mol. The SMILES string of the molecule is CCC(Cl)(Oc1ccc2onc(CCC(=O)O)c2c1)c1ccc(C)cn1. The molecule has 3 aromatic rings. The Balaban J connectivity index is 1.90. The van der Waals surface area contributed by atoms with Gasteiger partial charge in [0, 0.05) is 24.4 Å². The molecule has 0 saturated heterocycles. The van der Waals surface area contributed by atoms with Gasteiger partial charge < -0.3 is 14.4 Å². The molecule has 6 nitrogen and oxygen atoms in total. The maximum absolute atomic E-state index is 10.8. The summed E-state index contributed by atoms with van der Waals surface area (Å²) in [6, 6.07) is 9.03. The Kier molecular flexibility index (Phi) is 5.13. The maximum atomic E-state index is 10.8. The van der Waals surface area contributed by atoms with Gasteiger partial charge in [-0.05, 0) is 36.8 Å². The Labute approximate surface area is 155 Å². The van der Waals surface area contributed by atoms with Gasteiger partial charge in [0.05, 0.1) is 17.8 Å². The molecule has 0 fully saturated rings. The van der Waals surface area contributed by atoms with Crippen LogP contribution in [0.1, 0.15) is 36.7 Å². The van der Waals surface area contributed by atoms with E-state index in [9.17, 15) is 4.79 Å². The molecule has 0 spiro atoms. The minimum Gasteiger partial charge on any atom is -0.481 e. The lowest BCUT2D eigenvalue weighted by atomic mass is 10.1. The summed E-state index contributed by atoms with van der Waals surface area (Å²) in [4.78, 5) is 15.2. The molecule has 2 heterocycles. The van der Waals surface area contributed by atoms with Crippen molar-refractivity contribution in [3.8, 4) is 5.75 Å². The van der Waals surface area contributed by atoms with Crippen LogP contribution in [0.25, 0.3) is 11.0 Å². The summed E-state index contributed by atoms with van der Waals surface area (Å²) in [7, 11) is 0. The van der Waals surface area contributed by atoms with E-state index in [1.54, 1.807) is 24.4 Å². The van der Waals surface area contributed by atoms with Crippen LogP contribution in [-0.2, 0) is 16.3 Å². The minimum atomic E-state index is -1.10. The van der Waals surface area contributed by atoms with Crippen molar-refractivity contribution in [3.63, 3.8) is 0 Å². The Bertz CT molecular complexity index is 923. The van der Waals surface area contributed by atoms with Gasteiger partial charge in [0.1, 0.15) is 5.75 Å². The molecule has 0 aliphatic carbocycles. The van der Waals surface area contributed by atoms with Crippen molar-refractivity contribution >= 4 is 28.5 Å². The molecule has 0 radical (unpaired) electrons. The van der Waals surface area contributed by atoms with Gasteiger partial charge >= 0.3 is 5.97 Å². The molecule has 26 heavy (non-hydrogen) atoms. The zero-order chi connectivity index (χ0) is 18.7. The minimum absolute atomic E-state index is 0.0194. The first-order valence-corrected chi connectivity index (χ1v) is 8.70. The van der Waals surface area contributed by atoms with Gasteiger partial charge in [-0.2, -0.15) is 0 Å². The molecule has 1 atom stereocenters. The highest BCUT2D eigenvalue weighted by Gasteiger charge is 2.31. The van der Waals surface area contributed by atoms with Gasteiger partial charge in [0.2, 0.25) is 5.06 Å². The van der Waals surface area contributed by atoms with Gasteiger partial charge in [-0.15, -0.1) is 0 Å². The molecule has 0 bridgehead atoms. The monoisotopic (exact) mass is 374 g/mol. The summed E-state index contributed by atoms with van der Waals surface area (Å²) < 4.78 is 11.3. The molecule has 0 aliphatic heterocycles.